The number of pyridine rings is 1. The Morgan fingerprint density at radius 3 is 2.42 bits per heavy atom. The highest BCUT2D eigenvalue weighted by Gasteiger charge is 2.20. The zero-order valence-electron chi connectivity index (χ0n) is 18.0. The molecule has 0 saturated heterocycles. The van der Waals surface area contributed by atoms with Crippen LogP contribution in [0, 0.1) is 0 Å². The first-order valence-corrected chi connectivity index (χ1v) is 11.1. The van der Waals surface area contributed by atoms with Crippen molar-refractivity contribution in [2.75, 3.05) is 0 Å². The van der Waals surface area contributed by atoms with E-state index in [0.717, 1.165) is 32.3 Å². The molecule has 0 radical (unpaired) electrons. The predicted octanol–water partition coefficient (Wildman–Crippen LogP) is 6.38. The van der Waals surface area contributed by atoms with Crippen LogP contribution in [0.15, 0.2) is 72.9 Å². The molecule has 0 fully saturated rings. The van der Waals surface area contributed by atoms with Gasteiger partial charge in [-0.1, -0.05) is 75.4 Å². The minimum atomic E-state index is -0.0872. The molecule has 0 aliphatic heterocycles. The van der Waals surface area contributed by atoms with Crippen LogP contribution in [0.2, 0.25) is 0 Å². The van der Waals surface area contributed by atoms with Crippen molar-refractivity contribution in [3.05, 3.63) is 94.8 Å². The maximum absolute atomic E-state index is 9.82. The fourth-order valence-electron chi connectivity index (χ4n) is 3.49. The second kappa shape index (κ2) is 9.00. The number of para-hydroxylation sites is 1. The van der Waals surface area contributed by atoms with Gasteiger partial charge in [-0.05, 0) is 23.1 Å². The lowest BCUT2D eigenvalue weighted by atomic mass is 9.86. The van der Waals surface area contributed by atoms with Gasteiger partial charge in [0.2, 0.25) is 5.88 Å². The third-order valence-corrected chi connectivity index (χ3v) is 6.17. The highest BCUT2D eigenvalue weighted by molar-refractivity contribution is 7.15. The van der Waals surface area contributed by atoms with Crippen molar-refractivity contribution >= 4 is 11.3 Å². The molecule has 0 saturated carbocycles. The lowest BCUT2D eigenvalue weighted by Gasteiger charge is -2.22. The summed E-state index contributed by atoms with van der Waals surface area (Å²) in [6.45, 7) is 6.43. The molecule has 4 rings (SSSR count). The summed E-state index contributed by atoms with van der Waals surface area (Å²) in [4.78, 5) is 10.2. The van der Waals surface area contributed by atoms with Gasteiger partial charge >= 0.3 is 0 Å². The lowest BCUT2D eigenvalue weighted by molar-refractivity contribution is 0.278. The molecule has 31 heavy (non-hydrogen) atoms. The van der Waals surface area contributed by atoms with E-state index in [1.54, 1.807) is 17.5 Å². The van der Waals surface area contributed by atoms with Crippen molar-refractivity contribution in [2.24, 2.45) is 0 Å². The molecule has 0 unspecified atom stereocenters. The summed E-state index contributed by atoms with van der Waals surface area (Å²) in [5.41, 5.74) is 3.83. The van der Waals surface area contributed by atoms with Gasteiger partial charge in [-0.3, -0.25) is 0 Å². The van der Waals surface area contributed by atoms with Gasteiger partial charge in [-0.2, -0.15) is 0 Å². The molecule has 4 aromatic rings. The summed E-state index contributed by atoms with van der Waals surface area (Å²) < 4.78 is 6.30. The SMILES string of the molecule is CC(C)(C)c1ccccc1Oc1ncccc1Cc1nc(CO)c(-c2ccccc2)s1. The molecule has 0 bridgehead atoms. The number of aliphatic hydroxyl groups is 1. The molecule has 158 valence electrons. The van der Waals surface area contributed by atoms with Crippen LogP contribution in [0.1, 0.15) is 42.6 Å². The Morgan fingerprint density at radius 2 is 1.68 bits per heavy atom. The summed E-state index contributed by atoms with van der Waals surface area (Å²) in [7, 11) is 0. The molecule has 2 aromatic carbocycles. The second-order valence-corrected chi connectivity index (χ2v) is 9.48. The van der Waals surface area contributed by atoms with E-state index in [0.29, 0.717) is 18.0 Å². The normalized spacial score (nSPS) is 11.5. The van der Waals surface area contributed by atoms with Gasteiger partial charge in [0, 0.05) is 23.7 Å². The molecule has 4 nitrogen and oxygen atoms in total. The van der Waals surface area contributed by atoms with E-state index < -0.39 is 0 Å². The Morgan fingerprint density at radius 1 is 0.935 bits per heavy atom. The van der Waals surface area contributed by atoms with E-state index >= 15 is 0 Å². The van der Waals surface area contributed by atoms with Crippen LogP contribution in [0.5, 0.6) is 11.6 Å². The maximum atomic E-state index is 9.82. The van der Waals surface area contributed by atoms with Crippen LogP contribution in [-0.4, -0.2) is 15.1 Å². The van der Waals surface area contributed by atoms with Gasteiger partial charge in [0.25, 0.3) is 0 Å². The molecule has 0 amide bonds. The van der Waals surface area contributed by atoms with E-state index in [4.69, 9.17) is 9.72 Å². The zero-order chi connectivity index (χ0) is 21.8. The van der Waals surface area contributed by atoms with E-state index in [9.17, 15) is 5.11 Å². The van der Waals surface area contributed by atoms with Gasteiger partial charge in [-0.25, -0.2) is 9.97 Å². The number of aromatic nitrogens is 2. The first-order chi connectivity index (χ1) is 15.0. The molecule has 5 heteroatoms. The van der Waals surface area contributed by atoms with E-state index in [1.165, 1.54) is 0 Å². The first kappa shape index (κ1) is 21.2. The van der Waals surface area contributed by atoms with Crippen LogP contribution in [-0.2, 0) is 18.4 Å². The van der Waals surface area contributed by atoms with Crippen LogP contribution < -0.4 is 4.74 Å². The van der Waals surface area contributed by atoms with E-state index in [-0.39, 0.29) is 12.0 Å². The molecular formula is C26H26N2O2S. The maximum Gasteiger partial charge on any atom is 0.222 e. The average molecular weight is 431 g/mol. The van der Waals surface area contributed by atoms with Gasteiger partial charge in [-0.15, -0.1) is 11.3 Å². The smallest absolute Gasteiger partial charge is 0.222 e. The lowest BCUT2D eigenvalue weighted by Crippen LogP contribution is -2.12. The monoisotopic (exact) mass is 430 g/mol. The van der Waals surface area contributed by atoms with Crippen molar-refractivity contribution < 1.29 is 9.84 Å². The van der Waals surface area contributed by atoms with E-state index in [1.807, 2.05) is 60.7 Å². The summed E-state index contributed by atoms with van der Waals surface area (Å²) in [5.74, 6) is 1.40. The third-order valence-electron chi connectivity index (χ3n) is 5.02. The molecule has 0 aliphatic carbocycles. The van der Waals surface area contributed by atoms with Crippen molar-refractivity contribution in [3.63, 3.8) is 0 Å². The van der Waals surface area contributed by atoms with Gasteiger partial charge in [0.1, 0.15) is 5.75 Å². The third kappa shape index (κ3) is 4.84. The van der Waals surface area contributed by atoms with Gasteiger partial charge in [0.05, 0.1) is 22.2 Å². The Balaban J connectivity index is 1.65. The molecule has 0 spiro atoms. The van der Waals surface area contributed by atoms with Gasteiger partial charge in [0.15, 0.2) is 0 Å². The predicted molar refractivity (Wildman–Crippen MR) is 126 cm³/mol. The molecule has 1 N–H and O–H groups in total. The fraction of sp³-hybridized carbons (Fsp3) is 0.231. The molecule has 2 aromatic heterocycles. The molecule has 0 atom stereocenters. The van der Waals surface area contributed by atoms with Crippen molar-refractivity contribution in [1.82, 2.24) is 9.97 Å². The summed E-state index contributed by atoms with van der Waals surface area (Å²) in [6.07, 6.45) is 2.33. The van der Waals surface area contributed by atoms with Crippen molar-refractivity contribution in [2.45, 2.75) is 39.2 Å². The van der Waals surface area contributed by atoms with Crippen LogP contribution >= 0.6 is 11.3 Å². The molecule has 2 heterocycles. The highest BCUT2D eigenvalue weighted by atomic mass is 32.1. The number of aliphatic hydroxyl groups excluding tert-OH is 1. The van der Waals surface area contributed by atoms with Crippen molar-refractivity contribution in [3.8, 4) is 22.1 Å². The fourth-order valence-corrected chi connectivity index (χ4v) is 4.59. The number of ether oxygens (including phenoxy) is 1. The summed E-state index contributed by atoms with van der Waals surface area (Å²) in [6, 6.07) is 22.1. The number of nitrogens with zero attached hydrogens (tertiary/aromatic N) is 2. The minimum absolute atomic E-state index is 0.0402. The average Bonchev–Trinajstić information content (AvgIpc) is 3.18. The number of hydrogen-bond acceptors (Lipinski definition) is 5. The Hall–Kier alpha value is -3.02. The number of hydrogen-bond donors (Lipinski definition) is 1. The topological polar surface area (TPSA) is 55.2 Å². The second-order valence-electron chi connectivity index (χ2n) is 8.40. The zero-order valence-corrected chi connectivity index (χ0v) is 18.8. The summed E-state index contributed by atoms with van der Waals surface area (Å²) >= 11 is 1.60. The quantitative estimate of drug-likeness (QED) is 0.386. The van der Waals surface area contributed by atoms with Crippen LogP contribution in [0.3, 0.4) is 0 Å². The van der Waals surface area contributed by atoms with Crippen LogP contribution in [0.25, 0.3) is 10.4 Å². The van der Waals surface area contributed by atoms with E-state index in [2.05, 4.69) is 31.8 Å². The summed E-state index contributed by atoms with van der Waals surface area (Å²) in [5, 5.41) is 10.7. The highest BCUT2D eigenvalue weighted by Crippen LogP contribution is 2.36. The largest absolute Gasteiger partial charge is 0.438 e. The van der Waals surface area contributed by atoms with Gasteiger partial charge < -0.3 is 9.84 Å². The Labute approximate surface area is 187 Å². The minimum Gasteiger partial charge on any atom is -0.438 e. The molecular weight excluding hydrogens is 404 g/mol. The number of benzene rings is 2. The molecule has 0 aliphatic rings. The first-order valence-electron chi connectivity index (χ1n) is 10.3. The van der Waals surface area contributed by atoms with Crippen LogP contribution in [0.4, 0.5) is 0 Å². The Bertz CT molecular complexity index is 1160. The number of thiazole rings is 1. The Kier molecular flexibility index (Phi) is 6.16. The standard InChI is InChI=1S/C26H26N2O2S/c1-26(2,3)20-13-7-8-14-22(20)30-25-19(12-9-15-27-25)16-23-28-21(17-29)24(31-23)18-10-5-4-6-11-18/h4-15,29H,16-17H2,1-3H3. The van der Waals surface area contributed by atoms with Crippen molar-refractivity contribution in [1.29, 1.82) is 0 Å². The number of rotatable bonds is 6.